The van der Waals surface area contributed by atoms with Crippen LogP contribution < -0.4 is 4.90 Å². The van der Waals surface area contributed by atoms with Crippen molar-refractivity contribution < 1.29 is 5.11 Å². The summed E-state index contributed by atoms with van der Waals surface area (Å²) in [5, 5.41) is 9.55. The lowest BCUT2D eigenvalue weighted by Crippen LogP contribution is -2.37. The molecule has 0 saturated heterocycles. The Balaban J connectivity index is 1.87. The predicted octanol–water partition coefficient (Wildman–Crippen LogP) is 3.39. The first-order valence-corrected chi connectivity index (χ1v) is 8.21. The van der Waals surface area contributed by atoms with Gasteiger partial charge in [0, 0.05) is 49.0 Å². The Labute approximate surface area is 139 Å². The second kappa shape index (κ2) is 6.26. The minimum Gasteiger partial charge on any atom is -0.493 e. The van der Waals surface area contributed by atoms with Gasteiger partial charge in [-0.1, -0.05) is 28.1 Å². The minimum absolute atomic E-state index is 0.0847. The number of benzene rings is 1. The van der Waals surface area contributed by atoms with E-state index in [1.54, 1.807) is 6.07 Å². The van der Waals surface area contributed by atoms with E-state index >= 15 is 0 Å². The number of hydrogen-bond donors (Lipinski definition) is 1. The van der Waals surface area contributed by atoms with E-state index in [1.165, 1.54) is 11.3 Å². The van der Waals surface area contributed by atoms with Crippen LogP contribution in [0.4, 0.5) is 5.69 Å². The maximum atomic E-state index is 9.55. The van der Waals surface area contributed by atoms with Crippen LogP contribution in [0.2, 0.25) is 0 Å². The van der Waals surface area contributed by atoms with Crippen molar-refractivity contribution in [1.82, 2.24) is 9.88 Å². The molecule has 2 aromatic rings. The van der Waals surface area contributed by atoms with Crippen molar-refractivity contribution in [3.8, 4) is 5.88 Å². The first-order valence-electron chi connectivity index (χ1n) is 7.41. The highest BCUT2D eigenvalue weighted by Gasteiger charge is 2.23. The van der Waals surface area contributed by atoms with Crippen LogP contribution in [-0.2, 0) is 13.1 Å². The van der Waals surface area contributed by atoms with Gasteiger partial charge in [0.05, 0.1) is 5.69 Å². The molecule has 1 atom stereocenters. The largest absolute Gasteiger partial charge is 0.493 e. The number of anilines is 1. The van der Waals surface area contributed by atoms with Gasteiger partial charge in [-0.25, -0.2) is 4.98 Å². The van der Waals surface area contributed by atoms with Crippen molar-refractivity contribution in [1.29, 1.82) is 0 Å². The molecule has 1 aliphatic rings. The van der Waals surface area contributed by atoms with Gasteiger partial charge in [-0.15, -0.1) is 0 Å². The summed E-state index contributed by atoms with van der Waals surface area (Å²) in [7, 11) is 2.14. The van der Waals surface area contributed by atoms with Gasteiger partial charge in [0.25, 0.3) is 0 Å². The van der Waals surface area contributed by atoms with Crippen molar-refractivity contribution in [3.63, 3.8) is 0 Å². The van der Waals surface area contributed by atoms with Crippen LogP contribution in [0, 0.1) is 0 Å². The third-order valence-corrected chi connectivity index (χ3v) is 4.64. The van der Waals surface area contributed by atoms with Crippen LogP contribution in [0.25, 0.3) is 0 Å². The third-order valence-electron chi connectivity index (χ3n) is 4.15. The van der Waals surface area contributed by atoms with E-state index in [4.69, 9.17) is 0 Å². The van der Waals surface area contributed by atoms with Gasteiger partial charge >= 0.3 is 0 Å². The summed E-state index contributed by atoms with van der Waals surface area (Å²) in [6.07, 6.45) is 0. The second-order valence-electron chi connectivity index (χ2n) is 5.89. The molecular weight excluding hydrogens is 342 g/mol. The van der Waals surface area contributed by atoms with Gasteiger partial charge in [-0.3, -0.25) is 4.90 Å². The van der Waals surface area contributed by atoms with Crippen LogP contribution in [-0.4, -0.2) is 34.6 Å². The Morgan fingerprint density at radius 2 is 2.14 bits per heavy atom. The monoisotopic (exact) mass is 361 g/mol. The van der Waals surface area contributed by atoms with E-state index < -0.39 is 0 Å². The van der Waals surface area contributed by atoms with E-state index in [9.17, 15) is 5.11 Å². The first-order chi connectivity index (χ1) is 10.5. The number of likely N-dealkylation sites (N-methyl/N-ethyl adjacent to an activating group) is 1. The summed E-state index contributed by atoms with van der Waals surface area (Å²) in [6, 6.07) is 12.3. The van der Waals surface area contributed by atoms with Gasteiger partial charge in [-0.05, 0) is 30.7 Å². The van der Waals surface area contributed by atoms with Crippen LogP contribution >= 0.6 is 15.9 Å². The fraction of sp³-hybridized carbons (Fsp3) is 0.353. The molecule has 1 aromatic carbocycles. The van der Waals surface area contributed by atoms with Crippen molar-refractivity contribution in [2.24, 2.45) is 0 Å². The van der Waals surface area contributed by atoms with Crippen molar-refractivity contribution in [3.05, 3.63) is 52.1 Å². The number of rotatable bonds is 2. The number of halogens is 1. The van der Waals surface area contributed by atoms with E-state index in [2.05, 4.69) is 62.9 Å². The second-order valence-corrected chi connectivity index (χ2v) is 6.81. The molecule has 0 fully saturated rings. The summed E-state index contributed by atoms with van der Waals surface area (Å²) >= 11 is 3.56. The third kappa shape index (κ3) is 3.25. The molecule has 5 heteroatoms. The highest BCUT2D eigenvalue weighted by atomic mass is 79.9. The van der Waals surface area contributed by atoms with Crippen molar-refractivity contribution in [2.45, 2.75) is 26.1 Å². The zero-order chi connectivity index (χ0) is 15.7. The quantitative estimate of drug-likeness (QED) is 0.889. The summed E-state index contributed by atoms with van der Waals surface area (Å²) in [6.45, 7) is 4.81. The minimum atomic E-state index is 0.0847. The molecule has 22 heavy (non-hydrogen) atoms. The predicted molar refractivity (Wildman–Crippen MR) is 92.0 cm³/mol. The Kier molecular flexibility index (Phi) is 4.36. The van der Waals surface area contributed by atoms with Gasteiger partial charge in [0.15, 0.2) is 0 Å². The molecule has 0 aliphatic carbocycles. The molecular formula is C17H20BrN3O. The van der Waals surface area contributed by atoms with E-state index in [1.807, 2.05) is 12.1 Å². The maximum Gasteiger partial charge on any atom is 0.210 e. The fourth-order valence-electron chi connectivity index (χ4n) is 2.99. The number of nitrogens with zero attached hydrogens (tertiary/aromatic N) is 3. The molecule has 2 heterocycles. The van der Waals surface area contributed by atoms with Crippen LogP contribution in [0.1, 0.15) is 18.2 Å². The van der Waals surface area contributed by atoms with Gasteiger partial charge < -0.3 is 10.0 Å². The lowest BCUT2D eigenvalue weighted by molar-refractivity contribution is 0.197. The van der Waals surface area contributed by atoms with Crippen LogP contribution in [0.5, 0.6) is 5.88 Å². The zero-order valence-electron chi connectivity index (χ0n) is 12.8. The topological polar surface area (TPSA) is 39.6 Å². The van der Waals surface area contributed by atoms with E-state index in [0.29, 0.717) is 6.04 Å². The smallest absolute Gasteiger partial charge is 0.210 e. The van der Waals surface area contributed by atoms with Gasteiger partial charge in [-0.2, -0.15) is 0 Å². The summed E-state index contributed by atoms with van der Waals surface area (Å²) in [5.74, 6) is 0.0847. The number of aromatic hydroxyl groups is 1. The number of hydrogen-bond acceptors (Lipinski definition) is 4. The molecule has 1 N–H and O–H groups in total. The highest BCUT2D eigenvalue weighted by Crippen LogP contribution is 2.30. The van der Waals surface area contributed by atoms with Crippen molar-refractivity contribution in [2.75, 3.05) is 18.5 Å². The summed E-state index contributed by atoms with van der Waals surface area (Å²) in [5.41, 5.74) is 3.48. The molecule has 0 amide bonds. The Morgan fingerprint density at radius 1 is 1.32 bits per heavy atom. The highest BCUT2D eigenvalue weighted by molar-refractivity contribution is 9.10. The Hall–Kier alpha value is -1.59. The van der Waals surface area contributed by atoms with Crippen molar-refractivity contribution >= 4 is 21.6 Å². The number of pyridine rings is 1. The number of fused-ring (bicyclic) bond motifs is 1. The average molecular weight is 362 g/mol. The van der Waals surface area contributed by atoms with Gasteiger partial charge in [0.2, 0.25) is 5.88 Å². The lowest BCUT2D eigenvalue weighted by Gasteiger charge is -2.28. The molecule has 0 spiro atoms. The fourth-order valence-corrected chi connectivity index (χ4v) is 3.33. The first kappa shape index (κ1) is 15.3. The standard InChI is InChI=1S/C17H20BrN3O/c1-12-9-20(2)16-8-14(18)7-6-13(16)10-21(12)11-15-4-3-5-17(22)19-15/h3-8,12H,9-11H2,1-2H3,(H,19,22)/t12-/m1/s1. The maximum absolute atomic E-state index is 9.55. The van der Waals surface area contributed by atoms with Gasteiger partial charge in [0.1, 0.15) is 0 Å². The summed E-state index contributed by atoms with van der Waals surface area (Å²) < 4.78 is 1.11. The SMILES string of the molecule is C[C@@H]1CN(C)c2cc(Br)ccc2CN1Cc1cccc(O)n1. The Bertz CT molecular complexity index is 677. The van der Waals surface area contributed by atoms with E-state index in [0.717, 1.165) is 29.8 Å². The zero-order valence-corrected chi connectivity index (χ0v) is 14.4. The molecule has 0 bridgehead atoms. The lowest BCUT2D eigenvalue weighted by atomic mass is 10.1. The summed E-state index contributed by atoms with van der Waals surface area (Å²) in [4.78, 5) is 8.92. The van der Waals surface area contributed by atoms with Crippen LogP contribution in [0.3, 0.4) is 0 Å². The molecule has 0 radical (unpaired) electrons. The molecule has 4 nitrogen and oxygen atoms in total. The average Bonchev–Trinajstić information content (AvgIpc) is 2.58. The molecule has 0 unspecified atom stereocenters. The molecule has 1 aromatic heterocycles. The Morgan fingerprint density at radius 3 is 2.91 bits per heavy atom. The molecule has 0 saturated carbocycles. The van der Waals surface area contributed by atoms with E-state index in [-0.39, 0.29) is 5.88 Å². The molecule has 1 aliphatic heterocycles. The number of aromatic nitrogens is 1. The van der Waals surface area contributed by atoms with Crippen LogP contribution in [0.15, 0.2) is 40.9 Å². The normalized spacial score (nSPS) is 18.9. The molecule has 3 rings (SSSR count). The molecule has 116 valence electrons.